The first-order chi connectivity index (χ1) is 18.6. The number of nitrogens with zero attached hydrogens (tertiary/aromatic N) is 3. The summed E-state index contributed by atoms with van der Waals surface area (Å²) in [5, 5.41) is -0.668. The molecule has 4 rings (SSSR count). The van der Waals surface area contributed by atoms with Crippen LogP contribution >= 0.6 is 0 Å². The SMILES string of the molecule is CC(C)COc1cc(F)cc(-c2ccc(C(=O)NS(=O)(=O)c3cccc(N)n3)c(N3CC(C)([Si])CC3(C)C)n2)c1. The molecule has 1 amide bonds. The maximum absolute atomic E-state index is 14.6. The highest BCUT2D eigenvalue weighted by atomic mass is 32.2. The van der Waals surface area contributed by atoms with Crippen molar-refractivity contribution in [1.82, 2.24) is 14.7 Å². The Labute approximate surface area is 237 Å². The van der Waals surface area contributed by atoms with E-state index in [1.54, 1.807) is 12.1 Å². The van der Waals surface area contributed by atoms with E-state index in [9.17, 15) is 17.6 Å². The van der Waals surface area contributed by atoms with Crippen LogP contribution in [0.5, 0.6) is 5.75 Å². The highest BCUT2D eigenvalue weighted by molar-refractivity contribution is 7.90. The van der Waals surface area contributed by atoms with Gasteiger partial charge in [-0.3, -0.25) is 4.79 Å². The van der Waals surface area contributed by atoms with Crippen LogP contribution in [0.15, 0.2) is 53.6 Å². The molecule has 3 aromatic rings. The van der Waals surface area contributed by atoms with Crippen LogP contribution in [-0.4, -0.2) is 53.2 Å². The number of halogens is 1. The van der Waals surface area contributed by atoms with Gasteiger partial charge in [-0.25, -0.2) is 19.1 Å². The second-order valence-corrected chi connectivity index (χ2v) is 14.3. The van der Waals surface area contributed by atoms with Crippen LogP contribution in [0.3, 0.4) is 0 Å². The van der Waals surface area contributed by atoms with Gasteiger partial charge in [-0.2, -0.15) is 8.42 Å². The summed E-state index contributed by atoms with van der Waals surface area (Å²) >= 11 is 0. The van der Waals surface area contributed by atoms with Crippen molar-refractivity contribution in [3.63, 3.8) is 0 Å². The van der Waals surface area contributed by atoms with Crippen LogP contribution in [-0.2, 0) is 10.0 Å². The first kappa shape index (κ1) is 29.5. The van der Waals surface area contributed by atoms with E-state index in [0.717, 1.165) is 6.42 Å². The van der Waals surface area contributed by atoms with E-state index in [4.69, 9.17) is 15.5 Å². The lowest BCUT2D eigenvalue weighted by Gasteiger charge is -2.34. The van der Waals surface area contributed by atoms with Gasteiger partial charge in [0.05, 0.1) is 17.9 Å². The number of pyridine rings is 2. The highest BCUT2D eigenvalue weighted by Gasteiger charge is 2.45. The average molecular weight is 583 g/mol. The van der Waals surface area contributed by atoms with E-state index < -0.39 is 27.3 Å². The lowest BCUT2D eigenvalue weighted by atomic mass is 9.96. The summed E-state index contributed by atoms with van der Waals surface area (Å²) in [6, 6.07) is 11.5. The molecule has 12 heteroatoms. The molecule has 1 aliphatic heterocycles. The number of aromatic nitrogens is 2. The van der Waals surface area contributed by atoms with Crippen LogP contribution in [0.1, 0.15) is 51.4 Å². The first-order valence-corrected chi connectivity index (χ1v) is 14.8. The van der Waals surface area contributed by atoms with Gasteiger partial charge in [-0.15, -0.1) is 0 Å². The summed E-state index contributed by atoms with van der Waals surface area (Å²) in [4.78, 5) is 24.0. The quantitative estimate of drug-likeness (QED) is 0.375. The van der Waals surface area contributed by atoms with Crippen molar-refractivity contribution in [1.29, 1.82) is 0 Å². The fourth-order valence-corrected chi connectivity index (χ4v) is 6.42. The topological polar surface area (TPSA) is 128 Å². The molecule has 3 radical (unpaired) electrons. The van der Waals surface area contributed by atoms with Crippen LogP contribution in [0.25, 0.3) is 11.3 Å². The minimum absolute atomic E-state index is 0.00378. The van der Waals surface area contributed by atoms with Gasteiger partial charge in [0.25, 0.3) is 15.9 Å². The van der Waals surface area contributed by atoms with E-state index in [-0.39, 0.29) is 33.2 Å². The minimum atomic E-state index is -4.32. The molecule has 0 saturated carbocycles. The molecule has 0 bridgehead atoms. The molecule has 1 aliphatic rings. The molecule has 0 aliphatic carbocycles. The van der Waals surface area contributed by atoms with Crippen molar-refractivity contribution < 1.29 is 22.3 Å². The number of rotatable bonds is 8. The van der Waals surface area contributed by atoms with Gasteiger partial charge < -0.3 is 15.4 Å². The standard InChI is InChI=1S/C28H33FN5O4SSi/c1-17(2)14-38-20-12-18(11-19(29)13-20)22-10-9-21(25(31-22)34-16-28(5,40)15-27(34,3)4)26(35)33-39(36,37)24-8-6-7-23(30)32-24/h6-13,17H,14-16H2,1-5H3,(H2,30,32)(H,33,35). The highest BCUT2D eigenvalue weighted by Crippen LogP contribution is 2.47. The number of anilines is 2. The summed E-state index contributed by atoms with van der Waals surface area (Å²) in [6.45, 7) is 11.0. The van der Waals surface area contributed by atoms with Gasteiger partial charge >= 0.3 is 0 Å². The minimum Gasteiger partial charge on any atom is -0.493 e. The number of nitrogen functional groups attached to an aromatic ring is 1. The van der Waals surface area contributed by atoms with E-state index >= 15 is 0 Å². The number of nitrogens with two attached hydrogens (primary N) is 1. The fraction of sp³-hybridized carbons (Fsp3) is 0.393. The van der Waals surface area contributed by atoms with Crippen LogP contribution in [0, 0.1) is 11.7 Å². The molecule has 0 spiro atoms. The number of sulfonamides is 1. The second kappa shape index (κ2) is 10.8. The molecule has 40 heavy (non-hydrogen) atoms. The third-order valence-electron chi connectivity index (χ3n) is 6.43. The fourth-order valence-electron chi connectivity index (χ4n) is 4.89. The third-order valence-corrected chi connectivity index (χ3v) is 8.00. The number of carbonyl (C=O) groups is 1. The molecule has 1 unspecified atom stereocenters. The number of benzene rings is 1. The number of amides is 1. The van der Waals surface area contributed by atoms with Gasteiger partial charge in [-0.05, 0) is 67.6 Å². The van der Waals surface area contributed by atoms with E-state index in [0.29, 0.717) is 30.2 Å². The largest absolute Gasteiger partial charge is 0.493 e. The molecule has 1 fully saturated rings. The summed E-state index contributed by atoms with van der Waals surface area (Å²) in [7, 11) is -0.498. The zero-order chi connectivity index (χ0) is 29.5. The zero-order valence-corrected chi connectivity index (χ0v) is 25.0. The predicted molar refractivity (Wildman–Crippen MR) is 153 cm³/mol. The van der Waals surface area contributed by atoms with Gasteiger partial charge in [0.2, 0.25) is 0 Å². The van der Waals surface area contributed by atoms with Crippen molar-refractivity contribution in [3.8, 4) is 17.0 Å². The van der Waals surface area contributed by atoms with Crippen LogP contribution < -0.4 is 20.1 Å². The summed E-state index contributed by atoms with van der Waals surface area (Å²) < 4.78 is 48.3. The molecule has 1 aromatic carbocycles. The summed E-state index contributed by atoms with van der Waals surface area (Å²) in [5.41, 5.74) is 6.10. The maximum Gasteiger partial charge on any atom is 0.281 e. The molecule has 211 valence electrons. The Morgan fingerprint density at radius 3 is 2.52 bits per heavy atom. The Morgan fingerprint density at radius 1 is 1.18 bits per heavy atom. The second-order valence-electron chi connectivity index (χ2n) is 11.4. The third kappa shape index (κ3) is 6.61. The van der Waals surface area contributed by atoms with Crippen LogP contribution in [0.4, 0.5) is 16.0 Å². The van der Waals surface area contributed by atoms with Crippen molar-refractivity contribution in [2.75, 3.05) is 23.8 Å². The molecular formula is C28H33FN5O4SSi. The first-order valence-electron chi connectivity index (χ1n) is 12.8. The van der Waals surface area contributed by atoms with E-state index in [1.165, 1.54) is 36.4 Å². The van der Waals surface area contributed by atoms with E-state index in [1.807, 2.05) is 39.5 Å². The number of carbonyl (C=O) groups excluding carboxylic acids is 1. The molecule has 1 saturated heterocycles. The van der Waals surface area contributed by atoms with Gasteiger partial charge in [-0.1, -0.05) is 26.8 Å². The molecule has 9 nitrogen and oxygen atoms in total. The van der Waals surface area contributed by atoms with E-state index in [2.05, 4.69) is 19.9 Å². The summed E-state index contributed by atoms with van der Waals surface area (Å²) in [6.07, 6.45) is 0.725. The lowest BCUT2D eigenvalue weighted by molar-refractivity contribution is 0.0981. The Bertz CT molecular complexity index is 1550. The van der Waals surface area contributed by atoms with Gasteiger partial charge in [0.15, 0.2) is 5.03 Å². The Kier molecular flexibility index (Phi) is 7.96. The average Bonchev–Trinajstić information content (AvgIpc) is 3.08. The molecule has 3 heterocycles. The number of nitrogens with one attached hydrogen (secondary N) is 1. The van der Waals surface area contributed by atoms with Crippen molar-refractivity contribution in [3.05, 3.63) is 59.9 Å². The number of hydrogen-bond donors (Lipinski definition) is 2. The molecule has 3 N–H and O–H groups in total. The zero-order valence-electron chi connectivity index (χ0n) is 23.2. The Morgan fingerprint density at radius 2 is 1.90 bits per heavy atom. The maximum atomic E-state index is 14.6. The van der Waals surface area contributed by atoms with Crippen molar-refractivity contribution >= 4 is 37.8 Å². The van der Waals surface area contributed by atoms with Crippen molar-refractivity contribution in [2.45, 2.75) is 56.6 Å². The molecule has 1 atom stereocenters. The number of ether oxygens (including phenoxy) is 1. The van der Waals surface area contributed by atoms with Gasteiger partial charge in [0.1, 0.15) is 23.2 Å². The predicted octanol–water partition coefficient (Wildman–Crippen LogP) is 4.35. The summed E-state index contributed by atoms with van der Waals surface area (Å²) in [5.74, 6) is -0.475. The van der Waals surface area contributed by atoms with Crippen molar-refractivity contribution in [2.24, 2.45) is 5.92 Å². The Balaban J connectivity index is 1.79. The lowest BCUT2D eigenvalue weighted by Crippen LogP contribution is -2.41. The number of hydrogen-bond acceptors (Lipinski definition) is 8. The normalized spacial score (nSPS) is 18.6. The van der Waals surface area contributed by atoms with Crippen LogP contribution in [0.2, 0.25) is 5.04 Å². The molecule has 2 aromatic heterocycles. The smallest absolute Gasteiger partial charge is 0.281 e. The molecular weight excluding hydrogens is 549 g/mol. The monoisotopic (exact) mass is 582 g/mol. The Hall–Kier alpha value is -3.51. The van der Waals surface area contributed by atoms with Gasteiger partial charge in [0, 0.05) is 34.0 Å².